The van der Waals surface area contributed by atoms with E-state index in [1.807, 2.05) is 24.3 Å². The molecular weight excluding hydrogens is 596 g/mol. The second kappa shape index (κ2) is 17.3. The van der Waals surface area contributed by atoms with E-state index in [0.717, 1.165) is 47.2 Å². The summed E-state index contributed by atoms with van der Waals surface area (Å²) in [6, 6.07) is 7.08. The van der Waals surface area contributed by atoms with E-state index in [-0.39, 0.29) is 24.1 Å². The van der Waals surface area contributed by atoms with Crippen molar-refractivity contribution in [1.29, 1.82) is 0 Å². The molecule has 1 unspecified atom stereocenters. The van der Waals surface area contributed by atoms with Crippen LogP contribution in [-0.2, 0) is 37.3 Å². The zero-order valence-electron chi connectivity index (χ0n) is 27.6. The van der Waals surface area contributed by atoms with Gasteiger partial charge < -0.3 is 44.0 Å². The standard InChI is InChI=1S/C29H40N4O6.C4H8O3/c1-18-13-21(15-32(3)28(18)35)27-31-24-14-20(9-10-25(24)33(27)22(16-37-4)17-38-5)11-12-30-26(19(2)34)29(36)39-23-7-6-8-23;1-2-3(5)4(6)7/h9-10,13-15,19,22-23,26,30,34H,6-8,11-12,16-17H2,1-5H3;3,5H,2H2,1H3,(H,6,7)/t19-,26+;/m1./s1. The number of nitrogens with zero attached hydrogens (tertiary/aromatic N) is 3. The molecule has 1 saturated carbocycles. The molecule has 0 aliphatic heterocycles. The topological polar surface area (TPSA) is 174 Å². The van der Waals surface area contributed by atoms with Crippen LogP contribution in [0.15, 0.2) is 35.3 Å². The molecule has 46 heavy (non-hydrogen) atoms. The van der Waals surface area contributed by atoms with Crippen LogP contribution in [0.5, 0.6) is 0 Å². The number of benzene rings is 1. The fraction of sp³-hybridized carbons (Fsp3) is 0.576. The number of carboxylic acids is 1. The number of carbonyl (C=O) groups excluding carboxylic acids is 1. The Kier molecular flexibility index (Phi) is 13.9. The highest BCUT2D eigenvalue weighted by Crippen LogP contribution is 2.30. The molecule has 1 fully saturated rings. The van der Waals surface area contributed by atoms with Crippen molar-refractivity contribution in [1.82, 2.24) is 19.4 Å². The predicted octanol–water partition coefficient (Wildman–Crippen LogP) is 2.36. The number of esters is 1. The molecule has 3 aromatic rings. The second-order valence-corrected chi connectivity index (χ2v) is 11.7. The van der Waals surface area contributed by atoms with Crippen molar-refractivity contribution >= 4 is 23.0 Å². The van der Waals surface area contributed by atoms with Crippen LogP contribution in [0, 0.1) is 6.92 Å². The molecule has 0 bridgehead atoms. The Morgan fingerprint density at radius 1 is 1.13 bits per heavy atom. The normalized spacial score (nSPS) is 15.2. The number of ether oxygens (including phenoxy) is 3. The number of nitrogens with one attached hydrogen (secondary N) is 1. The zero-order valence-corrected chi connectivity index (χ0v) is 27.6. The first-order valence-corrected chi connectivity index (χ1v) is 15.6. The van der Waals surface area contributed by atoms with E-state index in [0.29, 0.717) is 31.7 Å². The Morgan fingerprint density at radius 2 is 1.80 bits per heavy atom. The zero-order chi connectivity index (χ0) is 34.0. The second-order valence-electron chi connectivity index (χ2n) is 11.7. The van der Waals surface area contributed by atoms with Gasteiger partial charge in [-0.1, -0.05) is 13.0 Å². The van der Waals surface area contributed by atoms with Gasteiger partial charge in [-0.15, -0.1) is 0 Å². The first kappa shape index (κ1) is 36.8. The smallest absolute Gasteiger partial charge is 0.332 e. The highest BCUT2D eigenvalue weighted by molar-refractivity contribution is 5.82. The summed E-state index contributed by atoms with van der Waals surface area (Å²) in [7, 11) is 5.05. The third kappa shape index (κ3) is 9.46. The molecule has 13 nitrogen and oxygen atoms in total. The van der Waals surface area contributed by atoms with Gasteiger partial charge in [0, 0.05) is 45.1 Å². The van der Waals surface area contributed by atoms with Crippen LogP contribution in [0.4, 0.5) is 0 Å². The van der Waals surface area contributed by atoms with E-state index in [1.165, 1.54) is 0 Å². The number of aliphatic hydroxyl groups is 2. The van der Waals surface area contributed by atoms with Crippen molar-refractivity contribution in [3.05, 3.63) is 51.9 Å². The average molecular weight is 645 g/mol. The molecule has 1 aliphatic carbocycles. The van der Waals surface area contributed by atoms with Crippen LogP contribution in [0.3, 0.4) is 0 Å². The minimum atomic E-state index is -1.18. The van der Waals surface area contributed by atoms with Crippen molar-refractivity contribution in [3.63, 3.8) is 0 Å². The van der Waals surface area contributed by atoms with Crippen molar-refractivity contribution in [2.75, 3.05) is 34.0 Å². The van der Waals surface area contributed by atoms with E-state index >= 15 is 0 Å². The number of hydrogen-bond acceptors (Lipinski definition) is 10. The SMILES string of the molecule is CCC(O)C(=O)O.COCC(COC)n1c(-c2cc(C)c(=O)n(C)c2)nc2cc(CCN[C@H](C(=O)OC3CCC3)[C@@H](C)O)ccc21. The Bertz CT molecular complexity index is 1480. The molecule has 2 aromatic heterocycles. The summed E-state index contributed by atoms with van der Waals surface area (Å²) < 4.78 is 20.2. The fourth-order valence-electron chi connectivity index (χ4n) is 5.18. The lowest BCUT2D eigenvalue weighted by atomic mass is 9.96. The van der Waals surface area contributed by atoms with Crippen LogP contribution in [0.2, 0.25) is 0 Å². The number of hydrogen-bond donors (Lipinski definition) is 4. The number of fused-ring (bicyclic) bond motifs is 1. The van der Waals surface area contributed by atoms with Gasteiger partial charge in [0.25, 0.3) is 5.56 Å². The molecule has 2 heterocycles. The van der Waals surface area contributed by atoms with Crippen molar-refractivity contribution in [2.24, 2.45) is 7.05 Å². The number of aliphatic carboxylic acids is 1. The number of carboxylic acid groups (broad SMARTS) is 1. The maximum Gasteiger partial charge on any atom is 0.332 e. The molecule has 3 atom stereocenters. The Balaban J connectivity index is 0.000000738. The minimum absolute atomic E-state index is 0.0249. The largest absolute Gasteiger partial charge is 0.479 e. The van der Waals surface area contributed by atoms with Crippen molar-refractivity contribution < 1.29 is 39.1 Å². The lowest BCUT2D eigenvalue weighted by molar-refractivity contribution is -0.158. The Labute approximate surface area is 269 Å². The lowest BCUT2D eigenvalue weighted by Gasteiger charge is -2.28. The number of pyridine rings is 1. The van der Waals surface area contributed by atoms with Crippen LogP contribution >= 0.6 is 0 Å². The van der Waals surface area contributed by atoms with E-state index in [2.05, 4.69) is 9.88 Å². The first-order valence-electron chi connectivity index (χ1n) is 15.6. The van der Waals surface area contributed by atoms with E-state index in [4.69, 9.17) is 29.4 Å². The van der Waals surface area contributed by atoms with Gasteiger partial charge in [-0.05, 0) is 69.7 Å². The van der Waals surface area contributed by atoms with Gasteiger partial charge in [-0.3, -0.25) is 9.59 Å². The maximum atomic E-state index is 12.5. The average Bonchev–Trinajstić information content (AvgIpc) is 3.37. The number of carbonyl (C=O) groups is 2. The molecule has 254 valence electrons. The lowest BCUT2D eigenvalue weighted by Crippen LogP contribution is -2.48. The highest BCUT2D eigenvalue weighted by atomic mass is 16.5. The molecule has 0 amide bonds. The number of aromatic nitrogens is 3. The van der Waals surface area contributed by atoms with Gasteiger partial charge >= 0.3 is 11.9 Å². The summed E-state index contributed by atoms with van der Waals surface area (Å²) in [5, 5.41) is 29.6. The summed E-state index contributed by atoms with van der Waals surface area (Å²) in [5.41, 5.74) is 4.19. The fourth-order valence-corrected chi connectivity index (χ4v) is 5.18. The van der Waals surface area contributed by atoms with Crippen LogP contribution < -0.4 is 10.9 Å². The van der Waals surface area contributed by atoms with Gasteiger partial charge in [-0.25, -0.2) is 9.78 Å². The number of rotatable bonds is 15. The summed E-state index contributed by atoms with van der Waals surface area (Å²) >= 11 is 0. The van der Waals surface area contributed by atoms with Gasteiger partial charge in [0.05, 0.1) is 36.4 Å². The van der Waals surface area contributed by atoms with E-state index < -0.39 is 30.2 Å². The number of methoxy groups -OCH3 is 2. The third-order valence-corrected chi connectivity index (χ3v) is 7.98. The van der Waals surface area contributed by atoms with Gasteiger partial charge in [0.15, 0.2) is 6.10 Å². The number of aryl methyl sites for hydroxylation is 2. The Hall–Kier alpha value is -3.62. The maximum absolute atomic E-state index is 12.5. The van der Waals surface area contributed by atoms with Crippen LogP contribution in [0.25, 0.3) is 22.4 Å². The first-order chi connectivity index (χ1) is 21.9. The molecule has 13 heteroatoms. The molecular formula is C33H48N4O9. The highest BCUT2D eigenvalue weighted by Gasteiger charge is 2.29. The van der Waals surface area contributed by atoms with Crippen molar-refractivity contribution in [2.45, 2.75) is 83.3 Å². The number of aliphatic hydroxyl groups excluding tert-OH is 2. The Morgan fingerprint density at radius 3 is 2.30 bits per heavy atom. The summed E-state index contributed by atoms with van der Waals surface area (Å²) in [4.78, 5) is 39.5. The summed E-state index contributed by atoms with van der Waals surface area (Å²) in [6.07, 6.45) is 3.50. The van der Waals surface area contributed by atoms with Crippen LogP contribution in [-0.4, -0.2) is 99.7 Å². The van der Waals surface area contributed by atoms with Crippen LogP contribution in [0.1, 0.15) is 56.7 Å². The number of imidazole rings is 1. The summed E-state index contributed by atoms with van der Waals surface area (Å²) in [5.74, 6) is -0.822. The van der Waals surface area contributed by atoms with Crippen molar-refractivity contribution in [3.8, 4) is 11.4 Å². The quantitative estimate of drug-likeness (QED) is 0.179. The molecule has 1 aliphatic rings. The molecule has 1 aromatic carbocycles. The summed E-state index contributed by atoms with van der Waals surface area (Å²) in [6.45, 7) is 6.36. The van der Waals surface area contributed by atoms with E-state index in [1.54, 1.807) is 52.8 Å². The molecule has 4 N–H and O–H groups in total. The molecule has 0 radical (unpaired) electrons. The third-order valence-electron chi connectivity index (χ3n) is 7.98. The molecule has 4 rings (SSSR count). The predicted molar refractivity (Wildman–Crippen MR) is 173 cm³/mol. The van der Waals surface area contributed by atoms with Gasteiger partial charge in [0.1, 0.15) is 18.0 Å². The molecule has 0 spiro atoms. The monoisotopic (exact) mass is 644 g/mol. The minimum Gasteiger partial charge on any atom is -0.479 e. The molecule has 0 saturated heterocycles. The van der Waals surface area contributed by atoms with E-state index in [9.17, 15) is 19.5 Å². The van der Waals surface area contributed by atoms with Gasteiger partial charge in [0.2, 0.25) is 0 Å². The van der Waals surface area contributed by atoms with Gasteiger partial charge in [-0.2, -0.15) is 0 Å².